The van der Waals surface area contributed by atoms with Crippen molar-refractivity contribution >= 4 is 28.2 Å². The molecule has 4 rings (SSSR count). The number of fused-ring (bicyclic) bond motifs is 2. The van der Waals surface area contributed by atoms with Crippen LogP contribution in [-0.4, -0.2) is 92.8 Å². The second-order valence-electron chi connectivity index (χ2n) is 8.16. The van der Waals surface area contributed by atoms with Crippen LogP contribution in [-0.2, 0) is 16.0 Å². The fraction of sp³-hybridized carbons (Fsp3) is 0.565. The third-order valence-electron chi connectivity index (χ3n) is 5.82. The number of morpholine rings is 1. The van der Waals surface area contributed by atoms with E-state index in [1.165, 1.54) is 0 Å². The molecule has 0 atom stereocenters. The Morgan fingerprint density at radius 1 is 1.18 bits per heavy atom. The molecule has 0 unspecified atom stereocenters. The van der Waals surface area contributed by atoms with Gasteiger partial charge in [-0.25, -0.2) is 0 Å². The number of H-pyrrole nitrogens is 1. The van der Waals surface area contributed by atoms with Gasteiger partial charge in [-0.05, 0) is 30.8 Å². The van der Waals surface area contributed by atoms with Crippen LogP contribution in [0.1, 0.15) is 12.0 Å². The maximum absolute atomic E-state index is 12.9. The monoisotopic (exact) mass is 476 g/mol. The second kappa shape index (κ2) is 11.6. The van der Waals surface area contributed by atoms with Crippen molar-refractivity contribution in [1.29, 1.82) is 0 Å². The van der Waals surface area contributed by atoms with E-state index in [9.17, 15) is 4.79 Å². The van der Waals surface area contributed by atoms with Crippen LogP contribution in [0.3, 0.4) is 0 Å². The standard InChI is InChI=1S/C23H32N4O5S/c1-29-8-2-3-24-23(33)27(5-4-26-6-9-30-10-7-26)16-18-13-17-14-20-21(32-12-11-31-20)15-19(17)25-22(18)28/h13-15H,2-12,16H2,1H3,(H,24,33)(H,25,28). The number of aromatic amines is 1. The fourth-order valence-corrected chi connectivity index (χ4v) is 4.23. The number of hydrogen-bond acceptors (Lipinski definition) is 7. The molecule has 1 saturated heterocycles. The van der Waals surface area contributed by atoms with Gasteiger partial charge in [-0.15, -0.1) is 0 Å². The maximum atomic E-state index is 12.9. The van der Waals surface area contributed by atoms with Crippen molar-refractivity contribution in [3.8, 4) is 11.5 Å². The lowest BCUT2D eigenvalue weighted by molar-refractivity contribution is 0.0357. The maximum Gasteiger partial charge on any atom is 0.253 e. The molecule has 0 aliphatic carbocycles. The van der Waals surface area contributed by atoms with Crippen LogP contribution in [0.25, 0.3) is 10.9 Å². The van der Waals surface area contributed by atoms with Crippen LogP contribution >= 0.6 is 12.2 Å². The first kappa shape index (κ1) is 23.7. The van der Waals surface area contributed by atoms with Crippen molar-refractivity contribution in [3.05, 3.63) is 34.1 Å². The van der Waals surface area contributed by atoms with Gasteiger partial charge in [0.1, 0.15) is 13.2 Å². The van der Waals surface area contributed by atoms with Crippen LogP contribution in [0.15, 0.2) is 23.0 Å². The van der Waals surface area contributed by atoms with E-state index in [4.69, 9.17) is 31.2 Å². The highest BCUT2D eigenvalue weighted by atomic mass is 32.1. The summed E-state index contributed by atoms with van der Waals surface area (Å²) in [6.07, 6.45) is 0.859. The minimum absolute atomic E-state index is 0.127. The molecule has 180 valence electrons. The Morgan fingerprint density at radius 3 is 2.70 bits per heavy atom. The first-order valence-electron chi connectivity index (χ1n) is 11.4. The second-order valence-corrected chi connectivity index (χ2v) is 8.55. The average Bonchev–Trinajstić information content (AvgIpc) is 2.84. The molecule has 1 fully saturated rings. The Labute approximate surface area is 198 Å². The zero-order chi connectivity index (χ0) is 23.0. The van der Waals surface area contributed by atoms with E-state index in [0.29, 0.717) is 55.1 Å². The minimum atomic E-state index is -0.127. The molecule has 0 amide bonds. The number of nitrogens with one attached hydrogen (secondary N) is 2. The number of benzene rings is 1. The fourth-order valence-electron chi connectivity index (χ4n) is 3.97. The first-order chi connectivity index (χ1) is 16.1. The average molecular weight is 477 g/mol. The molecule has 9 nitrogen and oxygen atoms in total. The first-order valence-corrected chi connectivity index (χ1v) is 11.8. The topological polar surface area (TPSA) is 88.3 Å². The van der Waals surface area contributed by atoms with Gasteiger partial charge >= 0.3 is 0 Å². The number of nitrogens with zero attached hydrogens (tertiary/aromatic N) is 2. The molecule has 10 heteroatoms. The molecular weight excluding hydrogens is 444 g/mol. The molecule has 2 aliphatic rings. The molecule has 0 spiro atoms. The van der Waals surface area contributed by atoms with Crippen molar-refractivity contribution in [2.75, 3.05) is 72.9 Å². The number of aromatic nitrogens is 1. The van der Waals surface area contributed by atoms with Gasteiger partial charge in [-0.2, -0.15) is 0 Å². The highest BCUT2D eigenvalue weighted by Gasteiger charge is 2.18. The summed E-state index contributed by atoms with van der Waals surface area (Å²) in [5, 5.41) is 4.85. The van der Waals surface area contributed by atoms with Crippen molar-refractivity contribution in [3.63, 3.8) is 0 Å². The highest BCUT2D eigenvalue weighted by molar-refractivity contribution is 7.80. The Kier molecular flexibility index (Phi) is 8.38. The Bertz CT molecular complexity index is 1010. The third kappa shape index (κ3) is 6.35. The van der Waals surface area contributed by atoms with E-state index in [0.717, 1.165) is 56.7 Å². The van der Waals surface area contributed by atoms with Gasteiger partial charge in [0, 0.05) is 63.5 Å². The predicted octanol–water partition coefficient (Wildman–Crippen LogP) is 1.34. The summed E-state index contributed by atoms with van der Waals surface area (Å²) in [5.74, 6) is 1.36. The molecular formula is C23H32N4O5S. The van der Waals surface area contributed by atoms with E-state index in [1.807, 2.05) is 18.2 Å². The van der Waals surface area contributed by atoms with Crippen molar-refractivity contribution in [2.45, 2.75) is 13.0 Å². The summed E-state index contributed by atoms with van der Waals surface area (Å²) in [6, 6.07) is 5.66. The van der Waals surface area contributed by atoms with E-state index >= 15 is 0 Å². The van der Waals surface area contributed by atoms with E-state index in [-0.39, 0.29) is 5.56 Å². The van der Waals surface area contributed by atoms with Crippen LogP contribution in [0.2, 0.25) is 0 Å². The SMILES string of the molecule is COCCCNC(=S)N(CCN1CCOCC1)Cc1cc2cc3c(cc2[nH]c1=O)OCCO3. The highest BCUT2D eigenvalue weighted by Crippen LogP contribution is 2.33. The van der Waals surface area contributed by atoms with E-state index < -0.39 is 0 Å². The largest absolute Gasteiger partial charge is 0.486 e. The number of hydrogen-bond donors (Lipinski definition) is 2. The lowest BCUT2D eigenvalue weighted by Crippen LogP contribution is -2.46. The third-order valence-corrected chi connectivity index (χ3v) is 6.23. The van der Waals surface area contributed by atoms with Gasteiger partial charge < -0.3 is 34.1 Å². The molecule has 1 aromatic heterocycles. The summed E-state index contributed by atoms with van der Waals surface area (Å²) in [4.78, 5) is 20.3. The molecule has 0 bridgehead atoms. The molecule has 2 aliphatic heterocycles. The number of thiocarbonyl (C=S) groups is 1. The summed E-state index contributed by atoms with van der Waals surface area (Å²) in [7, 11) is 1.69. The van der Waals surface area contributed by atoms with Crippen LogP contribution in [0.5, 0.6) is 11.5 Å². The zero-order valence-electron chi connectivity index (χ0n) is 19.1. The van der Waals surface area contributed by atoms with Crippen LogP contribution < -0.4 is 20.3 Å². The summed E-state index contributed by atoms with van der Waals surface area (Å²) in [5.41, 5.74) is 1.26. The lowest BCUT2D eigenvalue weighted by atomic mass is 10.1. The normalized spacial score (nSPS) is 16.0. The summed E-state index contributed by atoms with van der Waals surface area (Å²) >= 11 is 5.69. The van der Waals surface area contributed by atoms with Crippen LogP contribution in [0, 0.1) is 0 Å². The molecule has 0 saturated carbocycles. The van der Waals surface area contributed by atoms with Gasteiger partial charge in [0.15, 0.2) is 16.6 Å². The summed E-state index contributed by atoms with van der Waals surface area (Å²) < 4.78 is 21.9. The smallest absolute Gasteiger partial charge is 0.253 e. The number of ether oxygens (including phenoxy) is 4. The van der Waals surface area contributed by atoms with E-state index in [1.54, 1.807) is 7.11 Å². The Morgan fingerprint density at radius 2 is 1.94 bits per heavy atom. The van der Waals surface area contributed by atoms with Crippen molar-refractivity contribution < 1.29 is 18.9 Å². The van der Waals surface area contributed by atoms with Crippen molar-refractivity contribution in [1.82, 2.24) is 20.1 Å². The van der Waals surface area contributed by atoms with Gasteiger partial charge in [-0.3, -0.25) is 9.69 Å². The van der Waals surface area contributed by atoms with Gasteiger partial charge in [0.25, 0.3) is 5.56 Å². The Balaban J connectivity index is 1.50. The number of rotatable bonds is 9. The molecule has 2 N–H and O–H groups in total. The lowest BCUT2D eigenvalue weighted by Gasteiger charge is -2.31. The van der Waals surface area contributed by atoms with Gasteiger partial charge in [0.05, 0.1) is 25.3 Å². The molecule has 3 heterocycles. The number of pyridine rings is 1. The predicted molar refractivity (Wildman–Crippen MR) is 130 cm³/mol. The van der Waals surface area contributed by atoms with Crippen molar-refractivity contribution in [2.24, 2.45) is 0 Å². The quantitative estimate of drug-likeness (QED) is 0.411. The zero-order valence-corrected chi connectivity index (χ0v) is 19.9. The molecule has 0 radical (unpaired) electrons. The van der Waals surface area contributed by atoms with Gasteiger partial charge in [-0.1, -0.05) is 0 Å². The van der Waals surface area contributed by atoms with Gasteiger partial charge in [0.2, 0.25) is 0 Å². The van der Waals surface area contributed by atoms with Crippen LogP contribution in [0.4, 0.5) is 0 Å². The minimum Gasteiger partial charge on any atom is -0.486 e. The molecule has 33 heavy (non-hydrogen) atoms. The molecule has 2 aromatic rings. The Hall–Kier alpha value is -2.40. The number of methoxy groups -OCH3 is 1. The summed E-state index contributed by atoms with van der Waals surface area (Å²) in [6.45, 7) is 7.72. The molecule has 1 aromatic carbocycles. The van der Waals surface area contributed by atoms with E-state index in [2.05, 4.69) is 20.1 Å².